The van der Waals surface area contributed by atoms with Crippen molar-refractivity contribution in [3.63, 3.8) is 0 Å². The van der Waals surface area contributed by atoms with Crippen LogP contribution in [0.15, 0.2) is 9.59 Å². The van der Waals surface area contributed by atoms with Gasteiger partial charge in [0.2, 0.25) is 10.0 Å². The second kappa shape index (κ2) is 6.76. The average Bonchev–Trinajstić information content (AvgIpc) is 2.38. The third kappa shape index (κ3) is 4.33. The third-order valence-corrected chi connectivity index (χ3v) is 4.46. The molecule has 4 N–H and O–H groups in total. The fraction of sp³-hybridized carbons (Fsp3) is 0.636. The van der Waals surface area contributed by atoms with E-state index in [0.717, 1.165) is 10.8 Å². The van der Waals surface area contributed by atoms with E-state index < -0.39 is 21.3 Å². The predicted octanol–water partition coefficient (Wildman–Crippen LogP) is -1.26. The van der Waals surface area contributed by atoms with Crippen molar-refractivity contribution in [3.05, 3.63) is 20.8 Å². The second-order valence-corrected chi connectivity index (χ2v) is 6.60. The van der Waals surface area contributed by atoms with Gasteiger partial charge in [0.15, 0.2) is 0 Å². The molecule has 120 valence electrons. The largest absolute Gasteiger partial charge is 0.383 e. The van der Waals surface area contributed by atoms with Crippen LogP contribution >= 0.6 is 0 Å². The molecule has 0 aliphatic rings. The van der Waals surface area contributed by atoms with E-state index in [1.807, 2.05) is 0 Å². The van der Waals surface area contributed by atoms with Crippen LogP contribution in [-0.4, -0.2) is 48.2 Å². The lowest BCUT2D eigenvalue weighted by molar-refractivity contribution is 0.428. The molecular formula is C11H21N5O4S. The standard InChI is InChI=1S/C11H21N5O4S/c1-4-16(21(3,19)20)7-5-6-13-8-9(12)15(2)11(18)14-10(8)17/h13H,4-7,12H2,1-3H3,(H,14,17,18). The highest BCUT2D eigenvalue weighted by Crippen LogP contribution is 2.08. The summed E-state index contributed by atoms with van der Waals surface area (Å²) in [5, 5.41) is 2.83. The van der Waals surface area contributed by atoms with Crippen LogP contribution in [-0.2, 0) is 17.1 Å². The zero-order valence-corrected chi connectivity index (χ0v) is 13.2. The zero-order valence-electron chi connectivity index (χ0n) is 12.3. The SMILES string of the molecule is CCN(CCCNc1c(N)n(C)c(=O)[nH]c1=O)S(C)(=O)=O. The Balaban J connectivity index is 2.68. The summed E-state index contributed by atoms with van der Waals surface area (Å²) < 4.78 is 25.3. The van der Waals surface area contributed by atoms with Crippen LogP contribution in [0.5, 0.6) is 0 Å². The van der Waals surface area contributed by atoms with E-state index in [1.54, 1.807) is 6.92 Å². The van der Waals surface area contributed by atoms with Gasteiger partial charge in [-0.15, -0.1) is 0 Å². The highest BCUT2D eigenvalue weighted by atomic mass is 32.2. The quantitative estimate of drug-likeness (QED) is 0.538. The van der Waals surface area contributed by atoms with Crippen molar-refractivity contribution < 1.29 is 8.42 Å². The molecule has 1 heterocycles. The number of nitrogens with zero attached hydrogens (tertiary/aromatic N) is 2. The maximum absolute atomic E-state index is 11.6. The number of nitrogens with one attached hydrogen (secondary N) is 2. The highest BCUT2D eigenvalue weighted by Gasteiger charge is 2.14. The summed E-state index contributed by atoms with van der Waals surface area (Å²) in [6.45, 7) is 2.84. The molecule has 1 aromatic heterocycles. The molecule has 10 heteroatoms. The van der Waals surface area contributed by atoms with E-state index in [1.165, 1.54) is 11.4 Å². The molecular weight excluding hydrogens is 298 g/mol. The number of anilines is 2. The summed E-state index contributed by atoms with van der Waals surface area (Å²) in [6, 6.07) is 0. The van der Waals surface area contributed by atoms with Crippen molar-refractivity contribution >= 4 is 21.5 Å². The number of hydrogen-bond acceptors (Lipinski definition) is 6. The lowest BCUT2D eigenvalue weighted by atomic mass is 10.3. The van der Waals surface area contributed by atoms with E-state index in [-0.39, 0.29) is 11.5 Å². The molecule has 0 aliphatic carbocycles. The van der Waals surface area contributed by atoms with Crippen LogP contribution < -0.4 is 22.3 Å². The number of nitrogen functional groups attached to an aromatic ring is 1. The molecule has 0 radical (unpaired) electrons. The Bertz CT molecular complexity index is 706. The van der Waals surface area contributed by atoms with Crippen LogP contribution in [0, 0.1) is 0 Å². The van der Waals surface area contributed by atoms with Crippen LogP contribution in [0.4, 0.5) is 11.5 Å². The minimum atomic E-state index is -3.22. The van der Waals surface area contributed by atoms with Crippen molar-refractivity contribution in [2.75, 3.05) is 36.9 Å². The van der Waals surface area contributed by atoms with Gasteiger partial charge < -0.3 is 11.1 Å². The second-order valence-electron chi connectivity index (χ2n) is 4.61. The van der Waals surface area contributed by atoms with E-state index in [2.05, 4.69) is 10.3 Å². The summed E-state index contributed by atoms with van der Waals surface area (Å²) >= 11 is 0. The van der Waals surface area contributed by atoms with E-state index in [4.69, 9.17) is 5.73 Å². The predicted molar refractivity (Wildman–Crippen MR) is 81.9 cm³/mol. The number of hydrogen-bond donors (Lipinski definition) is 3. The molecule has 21 heavy (non-hydrogen) atoms. The van der Waals surface area contributed by atoms with E-state index in [9.17, 15) is 18.0 Å². The molecule has 1 rings (SSSR count). The first-order chi connectivity index (χ1) is 9.68. The van der Waals surface area contributed by atoms with Crippen molar-refractivity contribution in [2.24, 2.45) is 7.05 Å². The number of sulfonamides is 1. The number of rotatable bonds is 7. The summed E-state index contributed by atoms with van der Waals surface area (Å²) in [5.74, 6) is 0.0409. The molecule has 0 saturated heterocycles. The number of aromatic amines is 1. The summed E-state index contributed by atoms with van der Waals surface area (Å²) in [7, 11) is -1.78. The highest BCUT2D eigenvalue weighted by molar-refractivity contribution is 7.88. The van der Waals surface area contributed by atoms with Gasteiger partial charge in [0.1, 0.15) is 11.5 Å². The minimum Gasteiger partial charge on any atom is -0.383 e. The molecule has 0 aromatic carbocycles. The van der Waals surface area contributed by atoms with Crippen molar-refractivity contribution in [2.45, 2.75) is 13.3 Å². The Labute approximate surface area is 122 Å². The Morgan fingerprint density at radius 1 is 1.38 bits per heavy atom. The first-order valence-corrected chi connectivity index (χ1v) is 8.31. The van der Waals surface area contributed by atoms with Gasteiger partial charge in [-0.05, 0) is 6.42 Å². The van der Waals surface area contributed by atoms with Gasteiger partial charge in [0.25, 0.3) is 5.56 Å². The smallest absolute Gasteiger partial charge is 0.329 e. The Kier molecular flexibility index (Phi) is 5.55. The zero-order chi connectivity index (χ0) is 16.2. The van der Waals surface area contributed by atoms with Crippen LogP contribution in [0.3, 0.4) is 0 Å². The van der Waals surface area contributed by atoms with Crippen LogP contribution in [0.1, 0.15) is 13.3 Å². The normalized spacial score (nSPS) is 11.8. The molecule has 0 fully saturated rings. The molecule has 0 spiro atoms. The van der Waals surface area contributed by atoms with Gasteiger partial charge in [-0.25, -0.2) is 17.5 Å². The van der Waals surface area contributed by atoms with Crippen LogP contribution in [0.25, 0.3) is 0 Å². The molecule has 0 saturated carbocycles. The molecule has 1 aromatic rings. The van der Waals surface area contributed by atoms with Crippen molar-refractivity contribution in [3.8, 4) is 0 Å². The maximum Gasteiger partial charge on any atom is 0.329 e. The van der Waals surface area contributed by atoms with Gasteiger partial charge in [-0.2, -0.15) is 0 Å². The van der Waals surface area contributed by atoms with Crippen molar-refractivity contribution in [1.29, 1.82) is 0 Å². The lowest BCUT2D eigenvalue weighted by Gasteiger charge is -2.18. The Morgan fingerprint density at radius 3 is 2.52 bits per heavy atom. The van der Waals surface area contributed by atoms with Crippen molar-refractivity contribution in [1.82, 2.24) is 13.9 Å². The number of aromatic nitrogens is 2. The van der Waals surface area contributed by atoms with Gasteiger partial charge in [-0.1, -0.05) is 6.92 Å². The summed E-state index contributed by atoms with van der Waals surface area (Å²) in [6.07, 6.45) is 1.65. The molecule has 9 nitrogen and oxygen atoms in total. The summed E-state index contributed by atoms with van der Waals surface area (Å²) in [4.78, 5) is 25.1. The monoisotopic (exact) mass is 319 g/mol. The lowest BCUT2D eigenvalue weighted by Crippen LogP contribution is -2.34. The number of H-pyrrole nitrogens is 1. The molecule has 0 atom stereocenters. The first kappa shape index (κ1) is 17.2. The van der Waals surface area contributed by atoms with Gasteiger partial charge in [-0.3, -0.25) is 14.3 Å². The average molecular weight is 319 g/mol. The first-order valence-electron chi connectivity index (χ1n) is 6.46. The number of nitrogens with two attached hydrogens (primary N) is 1. The maximum atomic E-state index is 11.6. The summed E-state index contributed by atoms with van der Waals surface area (Å²) in [5.41, 5.74) is 4.63. The van der Waals surface area contributed by atoms with Gasteiger partial charge >= 0.3 is 5.69 Å². The minimum absolute atomic E-state index is 0.0409. The fourth-order valence-corrected chi connectivity index (χ4v) is 2.76. The molecule has 0 bridgehead atoms. The van der Waals surface area contributed by atoms with E-state index >= 15 is 0 Å². The van der Waals surface area contributed by atoms with Gasteiger partial charge in [0, 0.05) is 26.7 Å². The molecule has 0 amide bonds. The van der Waals surface area contributed by atoms with Crippen LogP contribution in [0.2, 0.25) is 0 Å². The van der Waals surface area contributed by atoms with Gasteiger partial charge in [0.05, 0.1) is 6.26 Å². The molecule has 0 aliphatic heterocycles. The Morgan fingerprint density at radius 2 is 2.00 bits per heavy atom. The fourth-order valence-electron chi connectivity index (χ4n) is 1.83. The third-order valence-electron chi connectivity index (χ3n) is 3.08. The topological polar surface area (TPSA) is 130 Å². The van der Waals surface area contributed by atoms with E-state index in [0.29, 0.717) is 26.1 Å². The Hall–Kier alpha value is -1.81. The molecule has 0 unspecified atom stereocenters.